The Labute approximate surface area is 188 Å². The Morgan fingerprint density at radius 1 is 1.52 bits per heavy atom. The highest BCUT2D eigenvalue weighted by molar-refractivity contribution is 7.91. The Bertz CT molecular complexity index is 1130. The summed E-state index contributed by atoms with van der Waals surface area (Å²) < 4.78 is 50.0. The number of hydrogen-bond donors (Lipinski definition) is 3. The number of aromatic hydroxyl groups is 1. The molecular formula is C18H27N5O5S3. The molecule has 3 N–H and O–H groups in total. The average molecular weight is 490 g/mol. The third kappa shape index (κ3) is 4.95. The van der Waals surface area contributed by atoms with Gasteiger partial charge >= 0.3 is 0 Å². The van der Waals surface area contributed by atoms with Crippen LogP contribution in [-0.2, 0) is 14.8 Å². The van der Waals surface area contributed by atoms with Crippen molar-refractivity contribution in [3.05, 3.63) is 22.7 Å². The molecule has 3 atom stereocenters. The van der Waals surface area contributed by atoms with E-state index in [0.717, 1.165) is 22.1 Å². The first-order valence-corrected chi connectivity index (χ1v) is 13.2. The smallest absolute Gasteiger partial charge is 0.255 e. The summed E-state index contributed by atoms with van der Waals surface area (Å²) in [5.41, 5.74) is 1.64. The van der Waals surface area contributed by atoms with Gasteiger partial charge in [0.2, 0.25) is 11.3 Å². The molecule has 0 radical (unpaired) electrons. The normalized spacial score (nSPS) is 19.1. The highest BCUT2D eigenvalue weighted by atomic mass is 32.2. The number of sulfonamides is 1. The molecule has 3 rings (SSSR count). The van der Waals surface area contributed by atoms with Crippen LogP contribution in [0.2, 0.25) is 0 Å². The van der Waals surface area contributed by atoms with E-state index in [1.807, 2.05) is 6.92 Å². The molecule has 0 aliphatic carbocycles. The molecule has 0 saturated carbocycles. The van der Waals surface area contributed by atoms with E-state index in [1.54, 1.807) is 6.26 Å². The second kappa shape index (κ2) is 9.28. The van der Waals surface area contributed by atoms with Gasteiger partial charge in [0.15, 0.2) is 21.1 Å². The highest BCUT2D eigenvalue weighted by Crippen LogP contribution is 2.39. The van der Waals surface area contributed by atoms with Crippen LogP contribution in [0.25, 0.3) is 0 Å². The van der Waals surface area contributed by atoms with E-state index in [9.17, 15) is 18.1 Å². The van der Waals surface area contributed by atoms with Gasteiger partial charge in [-0.25, -0.2) is 12.7 Å². The van der Waals surface area contributed by atoms with Crippen molar-refractivity contribution in [3.8, 4) is 5.75 Å². The first-order chi connectivity index (χ1) is 14.5. The van der Waals surface area contributed by atoms with Gasteiger partial charge in [0.05, 0.1) is 18.0 Å². The van der Waals surface area contributed by atoms with Crippen LogP contribution < -0.4 is 10.8 Å². The maximum Gasteiger partial charge on any atom is 0.255 e. The summed E-state index contributed by atoms with van der Waals surface area (Å²) in [5, 5.41) is 14.7. The molecule has 0 spiro atoms. The van der Waals surface area contributed by atoms with Crippen molar-refractivity contribution in [2.45, 2.75) is 50.0 Å². The van der Waals surface area contributed by atoms with Gasteiger partial charge in [-0.15, -0.1) is 15.7 Å². The van der Waals surface area contributed by atoms with Gasteiger partial charge in [-0.2, -0.15) is 0 Å². The van der Waals surface area contributed by atoms with Crippen molar-refractivity contribution < 1.29 is 22.8 Å². The van der Waals surface area contributed by atoms with E-state index in [0.29, 0.717) is 12.3 Å². The largest absolute Gasteiger partial charge is 0.548 e. The lowest BCUT2D eigenvalue weighted by molar-refractivity contribution is 0.139. The number of aromatic nitrogens is 2. The SMILES string of the molecule is CC[C@@H](N=c1[nH][s+]([O-])nc1Nc1csc(S(=O)(=O)N(C)C)c1O)C1CC(C(C)C)=CO1. The van der Waals surface area contributed by atoms with Gasteiger partial charge in [-0.3, -0.25) is 4.99 Å². The topological polar surface area (TPSA) is 143 Å². The molecule has 0 aromatic carbocycles. The minimum Gasteiger partial charge on any atom is -0.548 e. The van der Waals surface area contributed by atoms with Crippen molar-refractivity contribution in [2.75, 3.05) is 19.4 Å². The number of nitrogens with one attached hydrogen (secondary N) is 2. The molecule has 0 bridgehead atoms. The maximum absolute atomic E-state index is 12.3. The van der Waals surface area contributed by atoms with E-state index >= 15 is 0 Å². The second-order valence-corrected chi connectivity index (χ2v) is 11.8. The van der Waals surface area contributed by atoms with Crippen molar-refractivity contribution in [1.82, 2.24) is 13.1 Å². The summed E-state index contributed by atoms with van der Waals surface area (Å²) in [4.78, 5) is 4.67. The molecule has 1 aliphatic rings. The molecule has 172 valence electrons. The summed E-state index contributed by atoms with van der Waals surface area (Å²) in [7, 11) is -1.03. The Kier molecular flexibility index (Phi) is 7.11. The summed E-state index contributed by atoms with van der Waals surface area (Å²) in [6, 6.07) is -0.196. The van der Waals surface area contributed by atoms with Crippen LogP contribution in [0, 0.1) is 5.92 Å². The first-order valence-electron chi connectivity index (χ1n) is 9.74. The fraction of sp³-hybridized carbons (Fsp3) is 0.556. The Balaban J connectivity index is 1.89. The number of thiophene rings is 1. The van der Waals surface area contributed by atoms with Crippen LogP contribution >= 0.6 is 22.5 Å². The standard InChI is InChI=1S/C18H27N5O5S3/c1-6-12(14-7-11(8-28-14)10(2)3)19-16-17(22-30(25)21-16)20-13-9-29-18(15(13)24)31(26,27)23(4)5/h8-10,12,14,24H,6-7H2,1-5H3,(H,19,21)(H,20,22)/t12-,14?,30?/m1/s1. The van der Waals surface area contributed by atoms with Crippen molar-refractivity contribution in [2.24, 2.45) is 10.9 Å². The predicted molar refractivity (Wildman–Crippen MR) is 119 cm³/mol. The molecule has 2 unspecified atom stereocenters. The van der Waals surface area contributed by atoms with Gasteiger partial charge in [-0.1, -0.05) is 20.8 Å². The lowest BCUT2D eigenvalue weighted by Crippen LogP contribution is -2.27. The number of anilines is 2. The number of hydrogen-bond acceptors (Lipinski definition) is 9. The quantitative estimate of drug-likeness (QED) is 0.484. The monoisotopic (exact) mass is 489 g/mol. The fourth-order valence-corrected chi connectivity index (χ4v) is 6.09. The van der Waals surface area contributed by atoms with Crippen molar-refractivity contribution in [1.29, 1.82) is 0 Å². The molecular weight excluding hydrogens is 462 g/mol. The molecule has 2 aromatic heterocycles. The molecule has 13 heteroatoms. The van der Waals surface area contributed by atoms with E-state index in [1.165, 1.54) is 25.0 Å². The summed E-state index contributed by atoms with van der Waals surface area (Å²) >= 11 is -0.851. The van der Waals surface area contributed by atoms with Crippen molar-refractivity contribution in [3.63, 3.8) is 0 Å². The Hall–Kier alpha value is -1.93. The second-order valence-electron chi connectivity index (χ2n) is 7.67. The highest BCUT2D eigenvalue weighted by Gasteiger charge is 2.29. The number of aromatic amines is 1. The lowest BCUT2D eigenvalue weighted by Gasteiger charge is -2.18. The number of rotatable bonds is 8. The van der Waals surface area contributed by atoms with Gasteiger partial charge in [0, 0.05) is 30.3 Å². The van der Waals surface area contributed by atoms with Crippen LogP contribution in [0.5, 0.6) is 5.75 Å². The third-order valence-electron chi connectivity index (χ3n) is 5.00. The zero-order valence-corrected chi connectivity index (χ0v) is 20.4. The van der Waals surface area contributed by atoms with Gasteiger partial charge < -0.3 is 19.7 Å². The van der Waals surface area contributed by atoms with Crippen LogP contribution in [-0.4, -0.2) is 57.4 Å². The molecule has 1 aliphatic heterocycles. The molecule has 0 fully saturated rings. The van der Waals surface area contributed by atoms with E-state index in [-0.39, 0.29) is 33.3 Å². The number of H-pyrrole nitrogens is 1. The molecule has 0 saturated heterocycles. The molecule has 10 nitrogen and oxygen atoms in total. The zero-order valence-electron chi connectivity index (χ0n) is 17.9. The van der Waals surface area contributed by atoms with Crippen LogP contribution in [0.15, 0.2) is 26.4 Å². The average Bonchev–Trinajstić information content (AvgIpc) is 3.40. The van der Waals surface area contributed by atoms with Crippen LogP contribution in [0.1, 0.15) is 33.6 Å². The fourth-order valence-electron chi connectivity index (χ4n) is 3.05. The summed E-state index contributed by atoms with van der Waals surface area (Å²) in [5.74, 6) is 0.129. The molecule has 2 aromatic rings. The molecule has 31 heavy (non-hydrogen) atoms. The van der Waals surface area contributed by atoms with Crippen molar-refractivity contribution >= 4 is 44.0 Å². The minimum absolute atomic E-state index is 0.127. The first kappa shape index (κ1) is 23.7. The summed E-state index contributed by atoms with van der Waals surface area (Å²) in [6.07, 6.45) is 3.14. The number of ether oxygens (including phenoxy) is 1. The van der Waals surface area contributed by atoms with Crippen LogP contribution in [0.4, 0.5) is 11.5 Å². The zero-order chi connectivity index (χ0) is 22.9. The van der Waals surface area contributed by atoms with Crippen LogP contribution in [0.3, 0.4) is 0 Å². The maximum atomic E-state index is 12.3. The lowest BCUT2D eigenvalue weighted by atomic mass is 9.96. The molecule has 3 heterocycles. The van der Waals surface area contributed by atoms with Gasteiger partial charge in [-0.05, 0) is 17.9 Å². The van der Waals surface area contributed by atoms with E-state index in [2.05, 4.69) is 32.9 Å². The van der Waals surface area contributed by atoms with Gasteiger partial charge in [0.1, 0.15) is 6.10 Å². The Morgan fingerprint density at radius 2 is 2.23 bits per heavy atom. The minimum atomic E-state index is -3.80. The molecule has 0 amide bonds. The third-order valence-corrected chi connectivity index (χ3v) is 9.02. The number of nitrogens with zero attached hydrogens (tertiary/aromatic N) is 3. The van der Waals surface area contributed by atoms with E-state index in [4.69, 9.17) is 4.74 Å². The summed E-state index contributed by atoms with van der Waals surface area (Å²) in [6.45, 7) is 6.21. The van der Waals surface area contributed by atoms with E-state index < -0.39 is 26.9 Å². The predicted octanol–water partition coefficient (Wildman–Crippen LogP) is 2.91. The Morgan fingerprint density at radius 3 is 2.81 bits per heavy atom. The van der Waals surface area contributed by atoms with Gasteiger partial charge in [0.25, 0.3) is 10.0 Å².